The van der Waals surface area contributed by atoms with Gasteiger partial charge in [-0.05, 0) is 47.7 Å². The molecule has 0 fully saturated rings. The van der Waals surface area contributed by atoms with Crippen molar-refractivity contribution in [3.63, 3.8) is 0 Å². The fraction of sp³-hybridized carbons (Fsp3) is 0.280. The first-order valence-corrected chi connectivity index (χ1v) is 10.6. The van der Waals surface area contributed by atoms with Crippen LogP contribution in [0.4, 0.5) is 4.79 Å². The summed E-state index contributed by atoms with van der Waals surface area (Å²) in [6.45, 7) is 2.02. The van der Waals surface area contributed by atoms with Crippen molar-refractivity contribution in [3.05, 3.63) is 83.2 Å². The number of carbonyl (C=O) groups excluding carboxylic acids is 1. The number of aliphatic hydroxyl groups is 2. The lowest BCUT2D eigenvalue weighted by molar-refractivity contribution is 0.00970. The Hall–Kier alpha value is -3.42. The van der Waals surface area contributed by atoms with Gasteiger partial charge in [0.25, 0.3) is 0 Å². The number of rotatable bonds is 7. The van der Waals surface area contributed by atoms with E-state index < -0.39 is 18.3 Å². The van der Waals surface area contributed by atoms with Gasteiger partial charge in [-0.2, -0.15) is 0 Å². The van der Waals surface area contributed by atoms with Crippen molar-refractivity contribution in [1.82, 2.24) is 10.3 Å². The Labute approximate surface area is 186 Å². The smallest absolute Gasteiger partial charge is 0.407 e. The Morgan fingerprint density at radius 3 is 2.31 bits per heavy atom. The lowest BCUT2D eigenvalue weighted by Crippen LogP contribution is -2.31. The number of carbonyl (C=O) groups is 1. The molecule has 0 radical (unpaired) electrons. The number of fused-ring (bicyclic) bond motifs is 3. The molecule has 1 aliphatic rings. The minimum Gasteiger partial charge on any atom is -0.506 e. The van der Waals surface area contributed by atoms with Gasteiger partial charge < -0.3 is 25.4 Å². The molecule has 1 aromatic heterocycles. The third kappa shape index (κ3) is 4.44. The van der Waals surface area contributed by atoms with Gasteiger partial charge >= 0.3 is 6.09 Å². The number of aliphatic hydroxyl groups excluding tert-OH is 2. The Bertz CT molecular complexity index is 1070. The third-order valence-electron chi connectivity index (χ3n) is 5.74. The first-order valence-electron chi connectivity index (χ1n) is 10.6. The van der Waals surface area contributed by atoms with Crippen LogP contribution in [-0.4, -0.2) is 45.7 Å². The molecule has 7 heteroatoms. The van der Waals surface area contributed by atoms with Gasteiger partial charge in [-0.3, -0.25) is 4.98 Å². The Morgan fingerprint density at radius 2 is 1.66 bits per heavy atom. The van der Waals surface area contributed by atoms with Gasteiger partial charge in [-0.25, -0.2) is 4.79 Å². The fourth-order valence-electron chi connectivity index (χ4n) is 4.10. The van der Waals surface area contributed by atoms with Crippen LogP contribution < -0.4 is 5.32 Å². The third-order valence-corrected chi connectivity index (χ3v) is 5.74. The Morgan fingerprint density at radius 1 is 1.03 bits per heavy atom. The number of ether oxygens (including phenoxy) is 1. The van der Waals surface area contributed by atoms with Crippen LogP contribution in [0.5, 0.6) is 5.75 Å². The van der Waals surface area contributed by atoms with Gasteiger partial charge in [-0.15, -0.1) is 0 Å². The molecule has 4 rings (SSSR count). The molecule has 2 aromatic carbocycles. The van der Waals surface area contributed by atoms with Crippen LogP contribution in [0, 0.1) is 6.92 Å². The van der Waals surface area contributed by atoms with Crippen molar-refractivity contribution in [2.75, 3.05) is 13.2 Å². The minimum absolute atomic E-state index is 0.0126. The summed E-state index contributed by atoms with van der Waals surface area (Å²) in [7, 11) is 0. The van der Waals surface area contributed by atoms with Gasteiger partial charge in [0.05, 0.1) is 6.10 Å². The number of hydrogen-bond acceptors (Lipinski definition) is 6. The van der Waals surface area contributed by atoms with Gasteiger partial charge in [0.2, 0.25) is 0 Å². The van der Waals surface area contributed by atoms with E-state index in [1.807, 2.05) is 36.4 Å². The summed E-state index contributed by atoms with van der Waals surface area (Å²) in [6, 6.07) is 19.2. The zero-order chi connectivity index (χ0) is 22.7. The zero-order valence-corrected chi connectivity index (χ0v) is 17.7. The molecule has 1 amide bonds. The number of aryl methyl sites for hydroxylation is 1. The standard InChI is InChI=1S/C25H26N2O5/c1-15-10-11-21(28)23(27-15)24(30)22(29)12-13-26-25(31)32-14-20-18-8-4-2-6-16(18)17-7-3-5-9-19(17)20/h2-11,20,22,24,28-30H,12-14H2,1H3,(H,26,31). The van der Waals surface area contributed by atoms with Crippen molar-refractivity contribution in [3.8, 4) is 16.9 Å². The summed E-state index contributed by atoms with van der Waals surface area (Å²) in [6.07, 6.45) is -3.09. The monoisotopic (exact) mass is 434 g/mol. The second kappa shape index (κ2) is 9.38. The summed E-state index contributed by atoms with van der Waals surface area (Å²) >= 11 is 0. The number of hydrogen-bond donors (Lipinski definition) is 4. The van der Waals surface area contributed by atoms with Crippen LogP contribution in [0.25, 0.3) is 11.1 Å². The molecular formula is C25H26N2O5. The average molecular weight is 434 g/mol. The first-order chi connectivity index (χ1) is 15.5. The molecule has 0 bridgehead atoms. The van der Waals surface area contributed by atoms with Crippen LogP contribution in [0.3, 0.4) is 0 Å². The van der Waals surface area contributed by atoms with E-state index in [-0.39, 0.29) is 36.9 Å². The van der Waals surface area contributed by atoms with E-state index in [1.165, 1.54) is 6.07 Å². The summed E-state index contributed by atoms with van der Waals surface area (Å²) in [5.41, 5.74) is 5.19. The number of pyridine rings is 1. The zero-order valence-electron chi connectivity index (χ0n) is 17.7. The van der Waals surface area contributed by atoms with E-state index in [2.05, 4.69) is 22.4 Å². The van der Waals surface area contributed by atoms with E-state index in [0.29, 0.717) is 5.69 Å². The molecule has 7 nitrogen and oxygen atoms in total. The largest absolute Gasteiger partial charge is 0.506 e. The lowest BCUT2D eigenvalue weighted by atomic mass is 9.98. The van der Waals surface area contributed by atoms with Crippen LogP contribution >= 0.6 is 0 Å². The normalized spacial score (nSPS) is 14.3. The molecule has 32 heavy (non-hydrogen) atoms. The van der Waals surface area contributed by atoms with E-state index in [1.54, 1.807) is 13.0 Å². The SMILES string of the molecule is Cc1ccc(O)c(C(O)C(O)CCNC(=O)OCC2c3ccccc3-c3ccccc32)n1. The summed E-state index contributed by atoms with van der Waals surface area (Å²) < 4.78 is 5.45. The van der Waals surface area contributed by atoms with E-state index in [4.69, 9.17) is 4.74 Å². The molecule has 2 atom stereocenters. The lowest BCUT2D eigenvalue weighted by Gasteiger charge is -2.19. The van der Waals surface area contributed by atoms with Crippen molar-refractivity contribution < 1.29 is 24.9 Å². The molecule has 3 aromatic rings. The van der Waals surface area contributed by atoms with Crippen molar-refractivity contribution in [1.29, 1.82) is 0 Å². The molecule has 166 valence electrons. The molecule has 4 N–H and O–H groups in total. The number of amides is 1. The predicted molar refractivity (Wildman–Crippen MR) is 119 cm³/mol. The molecule has 1 heterocycles. The van der Waals surface area contributed by atoms with Crippen molar-refractivity contribution in [2.45, 2.75) is 31.5 Å². The van der Waals surface area contributed by atoms with Gasteiger partial charge in [0.1, 0.15) is 24.2 Å². The molecule has 1 aliphatic carbocycles. The number of nitrogens with one attached hydrogen (secondary N) is 1. The highest BCUT2D eigenvalue weighted by atomic mass is 16.5. The van der Waals surface area contributed by atoms with E-state index >= 15 is 0 Å². The summed E-state index contributed by atoms with van der Waals surface area (Å²) in [4.78, 5) is 16.3. The number of aromatic nitrogens is 1. The van der Waals surface area contributed by atoms with Gasteiger partial charge in [0.15, 0.2) is 0 Å². The quantitative estimate of drug-likeness (QED) is 0.453. The Kier molecular flexibility index (Phi) is 6.39. The highest BCUT2D eigenvalue weighted by Crippen LogP contribution is 2.44. The van der Waals surface area contributed by atoms with E-state index in [9.17, 15) is 20.1 Å². The number of aromatic hydroxyl groups is 1. The second-order valence-corrected chi connectivity index (χ2v) is 7.91. The Balaban J connectivity index is 1.29. The highest BCUT2D eigenvalue weighted by molar-refractivity contribution is 5.79. The number of benzene rings is 2. The molecule has 0 spiro atoms. The maximum atomic E-state index is 12.2. The molecular weight excluding hydrogens is 408 g/mol. The molecule has 0 saturated carbocycles. The fourth-order valence-corrected chi connectivity index (χ4v) is 4.10. The molecule has 0 saturated heterocycles. The van der Waals surface area contributed by atoms with Crippen LogP contribution in [-0.2, 0) is 4.74 Å². The maximum Gasteiger partial charge on any atom is 0.407 e. The molecule has 2 unspecified atom stereocenters. The average Bonchev–Trinajstić information content (AvgIpc) is 3.12. The number of nitrogens with zero attached hydrogens (tertiary/aromatic N) is 1. The second-order valence-electron chi connectivity index (χ2n) is 7.91. The van der Waals surface area contributed by atoms with E-state index in [0.717, 1.165) is 22.3 Å². The highest BCUT2D eigenvalue weighted by Gasteiger charge is 2.29. The topological polar surface area (TPSA) is 112 Å². The molecule has 0 aliphatic heterocycles. The van der Waals surface area contributed by atoms with Gasteiger partial charge in [0, 0.05) is 18.2 Å². The van der Waals surface area contributed by atoms with Crippen molar-refractivity contribution >= 4 is 6.09 Å². The first kappa shape index (κ1) is 21.8. The predicted octanol–water partition coefficient (Wildman–Crippen LogP) is 3.42. The van der Waals surface area contributed by atoms with Crippen LogP contribution in [0.15, 0.2) is 60.7 Å². The summed E-state index contributed by atoms with van der Waals surface area (Å²) in [5.74, 6) is -0.220. The minimum atomic E-state index is -1.36. The van der Waals surface area contributed by atoms with Crippen molar-refractivity contribution in [2.24, 2.45) is 0 Å². The number of alkyl carbamates (subject to hydrolysis) is 1. The van der Waals surface area contributed by atoms with Crippen LogP contribution in [0.2, 0.25) is 0 Å². The maximum absolute atomic E-state index is 12.2. The van der Waals surface area contributed by atoms with Gasteiger partial charge in [-0.1, -0.05) is 48.5 Å². The summed E-state index contributed by atoms with van der Waals surface area (Å²) in [5, 5.41) is 33.0. The van der Waals surface area contributed by atoms with Crippen LogP contribution in [0.1, 0.15) is 41.0 Å².